The van der Waals surface area contributed by atoms with Crippen LogP contribution in [-0.2, 0) is 0 Å². The summed E-state index contributed by atoms with van der Waals surface area (Å²) in [5.74, 6) is 0. The van der Waals surface area contributed by atoms with E-state index in [1.807, 2.05) is 0 Å². The van der Waals surface area contributed by atoms with E-state index < -0.39 is 0 Å². The zero-order chi connectivity index (χ0) is 30.4. The minimum Gasteiger partial charge on any atom is -0.454 e. The standard InChI is InChI=1S/C42H24BN3O/c1-3-11-25(12-4-1)44-31-16-9-17-32-37(31)43-38-33(44)18-10-19-34(38)46-40-28(23-24-35(39(40)43)45(32)26-13-5-2-6-14-26)29-21-22-30-27-15-7-8-20-36(27)47-42(30)41(29)46/h1-24H. The van der Waals surface area contributed by atoms with Gasteiger partial charge in [0.25, 0.3) is 6.71 Å². The largest absolute Gasteiger partial charge is 0.454 e. The lowest BCUT2D eigenvalue weighted by molar-refractivity contribution is 0.671. The average Bonchev–Trinajstić information content (AvgIpc) is 3.68. The normalized spacial score (nSPS) is 13.8. The second-order valence-electron chi connectivity index (χ2n) is 12.9. The molecule has 0 bridgehead atoms. The van der Waals surface area contributed by atoms with Crippen LogP contribution in [-0.4, -0.2) is 11.3 Å². The van der Waals surface area contributed by atoms with Crippen LogP contribution in [0.1, 0.15) is 0 Å². The van der Waals surface area contributed by atoms with Crippen LogP contribution in [0.5, 0.6) is 0 Å². The van der Waals surface area contributed by atoms with Crippen LogP contribution < -0.4 is 26.2 Å². The Labute approximate surface area is 270 Å². The fourth-order valence-electron chi connectivity index (χ4n) is 8.96. The highest BCUT2D eigenvalue weighted by molar-refractivity contribution is 7.02. The van der Waals surface area contributed by atoms with Gasteiger partial charge in [-0.25, -0.2) is 0 Å². The third-order valence-electron chi connectivity index (χ3n) is 10.7. The van der Waals surface area contributed by atoms with Gasteiger partial charge >= 0.3 is 0 Å². The molecule has 5 heteroatoms. The Morgan fingerprint density at radius 2 is 0.915 bits per heavy atom. The molecule has 0 N–H and O–H groups in total. The molecule has 47 heavy (non-hydrogen) atoms. The molecule has 0 fully saturated rings. The summed E-state index contributed by atoms with van der Waals surface area (Å²) in [6.45, 7) is 0.0917. The Morgan fingerprint density at radius 1 is 0.383 bits per heavy atom. The number of rotatable bonds is 2. The van der Waals surface area contributed by atoms with Crippen molar-refractivity contribution in [3.8, 4) is 5.69 Å². The number of hydrogen-bond acceptors (Lipinski definition) is 3. The number of fused-ring (bicyclic) bond motifs is 8. The minimum atomic E-state index is 0.0917. The van der Waals surface area contributed by atoms with Crippen LogP contribution in [0, 0.1) is 0 Å². The van der Waals surface area contributed by atoms with Gasteiger partial charge in [0.15, 0.2) is 5.58 Å². The first-order valence-electron chi connectivity index (χ1n) is 16.2. The summed E-state index contributed by atoms with van der Waals surface area (Å²) in [5, 5.41) is 4.78. The van der Waals surface area contributed by atoms with Crippen LogP contribution in [0.15, 0.2) is 150 Å². The van der Waals surface area contributed by atoms with Gasteiger partial charge in [0.1, 0.15) is 5.58 Å². The molecule has 3 aliphatic heterocycles. The minimum absolute atomic E-state index is 0.0917. The fourth-order valence-corrected chi connectivity index (χ4v) is 8.96. The molecule has 3 aliphatic rings. The molecule has 9 aromatic rings. The van der Waals surface area contributed by atoms with Gasteiger partial charge < -0.3 is 18.8 Å². The van der Waals surface area contributed by atoms with Crippen molar-refractivity contribution in [2.75, 3.05) is 9.80 Å². The smallest absolute Gasteiger partial charge is 0.257 e. The van der Waals surface area contributed by atoms with E-state index in [0.29, 0.717) is 0 Å². The quantitative estimate of drug-likeness (QED) is 0.186. The van der Waals surface area contributed by atoms with Crippen molar-refractivity contribution < 1.29 is 4.42 Å². The Morgan fingerprint density at radius 3 is 1.62 bits per heavy atom. The molecule has 0 saturated carbocycles. The number of para-hydroxylation sites is 3. The highest BCUT2D eigenvalue weighted by atomic mass is 16.3. The van der Waals surface area contributed by atoms with Crippen LogP contribution in [0.25, 0.3) is 49.4 Å². The Kier molecular flexibility index (Phi) is 4.27. The molecule has 2 aromatic heterocycles. The van der Waals surface area contributed by atoms with Crippen molar-refractivity contribution >= 4 is 101 Å². The summed E-state index contributed by atoms with van der Waals surface area (Å²) < 4.78 is 9.27. The summed E-state index contributed by atoms with van der Waals surface area (Å²) in [4.78, 5) is 4.95. The molecule has 0 unspecified atom stereocenters. The number of hydrogen-bond donors (Lipinski definition) is 0. The summed E-state index contributed by atoms with van der Waals surface area (Å²) in [7, 11) is 0. The van der Waals surface area contributed by atoms with Gasteiger partial charge in [0, 0.05) is 61.4 Å². The monoisotopic (exact) mass is 597 g/mol. The van der Waals surface area contributed by atoms with Crippen molar-refractivity contribution in [1.82, 2.24) is 4.57 Å². The predicted molar refractivity (Wildman–Crippen MR) is 196 cm³/mol. The SMILES string of the molecule is c1ccc(N2c3cccc4c3B3c5c2cccc5-n2c5c3c(ccc5c3ccc5c6ccccc6oc5c32)N4c2ccccc2)cc1. The third kappa shape index (κ3) is 2.79. The topological polar surface area (TPSA) is 24.6 Å². The molecule has 12 rings (SSSR count). The number of benzene rings is 7. The summed E-state index contributed by atoms with van der Waals surface area (Å²) in [6, 6.07) is 53.0. The van der Waals surface area contributed by atoms with E-state index in [2.05, 4.69) is 160 Å². The van der Waals surface area contributed by atoms with Gasteiger partial charge in [-0.3, -0.25) is 0 Å². The summed E-state index contributed by atoms with van der Waals surface area (Å²) in [5.41, 5.74) is 16.8. The maximum absolute atomic E-state index is 6.75. The third-order valence-corrected chi connectivity index (χ3v) is 10.7. The van der Waals surface area contributed by atoms with Gasteiger partial charge in [-0.2, -0.15) is 0 Å². The second-order valence-corrected chi connectivity index (χ2v) is 12.9. The van der Waals surface area contributed by atoms with E-state index in [9.17, 15) is 0 Å². The Hall–Kier alpha value is -6.20. The maximum atomic E-state index is 6.75. The molecule has 0 atom stereocenters. The van der Waals surface area contributed by atoms with Crippen LogP contribution in [0.3, 0.4) is 0 Å². The van der Waals surface area contributed by atoms with E-state index in [1.54, 1.807) is 0 Å². The highest BCUT2D eigenvalue weighted by Crippen LogP contribution is 2.49. The van der Waals surface area contributed by atoms with Crippen molar-refractivity contribution in [3.05, 3.63) is 146 Å². The van der Waals surface area contributed by atoms with Gasteiger partial charge in [-0.1, -0.05) is 78.9 Å². The van der Waals surface area contributed by atoms with Gasteiger partial charge in [0.2, 0.25) is 0 Å². The van der Waals surface area contributed by atoms with Crippen molar-refractivity contribution in [3.63, 3.8) is 0 Å². The zero-order valence-electron chi connectivity index (χ0n) is 25.2. The predicted octanol–water partition coefficient (Wildman–Crippen LogP) is 9.08. The average molecular weight is 597 g/mol. The molecule has 0 saturated heterocycles. The number of furan rings is 1. The van der Waals surface area contributed by atoms with Crippen molar-refractivity contribution in [2.45, 2.75) is 0 Å². The lowest BCUT2D eigenvalue weighted by Gasteiger charge is -2.46. The number of nitrogens with zero attached hydrogens (tertiary/aromatic N) is 3. The first-order valence-corrected chi connectivity index (χ1v) is 16.2. The molecule has 7 aromatic carbocycles. The second kappa shape index (κ2) is 8.33. The lowest BCUT2D eigenvalue weighted by Crippen LogP contribution is -2.64. The molecule has 0 spiro atoms. The first kappa shape index (κ1) is 24.1. The Balaban J connectivity index is 1.32. The maximum Gasteiger partial charge on any atom is 0.257 e. The van der Waals surface area contributed by atoms with Crippen molar-refractivity contribution in [1.29, 1.82) is 0 Å². The van der Waals surface area contributed by atoms with Crippen molar-refractivity contribution in [2.24, 2.45) is 0 Å². The molecule has 0 aliphatic carbocycles. The summed E-state index contributed by atoms with van der Waals surface area (Å²) >= 11 is 0. The van der Waals surface area contributed by atoms with Gasteiger partial charge in [-0.05, 0) is 83.1 Å². The summed E-state index contributed by atoms with van der Waals surface area (Å²) in [6.07, 6.45) is 0. The molecule has 5 heterocycles. The highest BCUT2D eigenvalue weighted by Gasteiger charge is 2.48. The number of aromatic nitrogens is 1. The van der Waals surface area contributed by atoms with Crippen LogP contribution in [0.4, 0.5) is 34.1 Å². The van der Waals surface area contributed by atoms with Gasteiger partial charge in [0.05, 0.1) is 11.0 Å². The Bertz CT molecular complexity index is 2800. The van der Waals surface area contributed by atoms with Gasteiger partial charge in [-0.15, -0.1) is 0 Å². The van der Waals surface area contributed by atoms with Crippen LogP contribution >= 0.6 is 0 Å². The van der Waals surface area contributed by atoms with E-state index in [4.69, 9.17) is 4.42 Å². The first-order chi connectivity index (χ1) is 23.4. The van der Waals surface area contributed by atoms with Crippen LogP contribution in [0.2, 0.25) is 0 Å². The van der Waals surface area contributed by atoms with E-state index in [1.165, 1.54) is 61.1 Å². The molecule has 216 valence electrons. The molecular weight excluding hydrogens is 573 g/mol. The molecule has 0 amide bonds. The van der Waals surface area contributed by atoms with E-state index in [0.717, 1.165) is 38.8 Å². The van der Waals surface area contributed by atoms with E-state index in [-0.39, 0.29) is 6.71 Å². The molecular formula is C42H24BN3O. The zero-order valence-corrected chi connectivity index (χ0v) is 25.2. The fraction of sp³-hybridized carbons (Fsp3) is 0. The molecule has 4 nitrogen and oxygen atoms in total. The lowest BCUT2D eigenvalue weighted by atomic mass is 9.32. The molecule has 0 radical (unpaired) electrons. The van der Waals surface area contributed by atoms with E-state index >= 15 is 0 Å². The number of anilines is 6.